The molecule has 0 bridgehead atoms. The molecule has 0 aliphatic carbocycles. The summed E-state index contributed by atoms with van der Waals surface area (Å²) in [6.45, 7) is -0.614. The van der Waals surface area contributed by atoms with E-state index in [1.807, 2.05) is 0 Å². The number of hydrogen-bond acceptors (Lipinski definition) is 2. The van der Waals surface area contributed by atoms with Crippen molar-refractivity contribution in [3.63, 3.8) is 0 Å². The fourth-order valence-corrected chi connectivity index (χ4v) is 1.51. The van der Waals surface area contributed by atoms with Crippen molar-refractivity contribution in [2.45, 2.75) is 12.7 Å². The molecule has 4 heteroatoms. The minimum absolute atomic E-state index is 0.110. The van der Waals surface area contributed by atoms with Gasteiger partial charge in [0, 0.05) is 4.47 Å². The lowest BCUT2D eigenvalue weighted by Gasteiger charge is -2.09. The Morgan fingerprint density at radius 1 is 1.54 bits per heavy atom. The van der Waals surface area contributed by atoms with Gasteiger partial charge >= 0.3 is 0 Å². The van der Waals surface area contributed by atoms with Gasteiger partial charge in [-0.2, -0.15) is 0 Å². The van der Waals surface area contributed by atoms with Crippen LogP contribution >= 0.6 is 15.9 Å². The Hall–Kier alpha value is -0.450. The Morgan fingerprint density at radius 2 is 2.23 bits per heavy atom. The molecule has 0 aliphatic heterocycles. The van der Waals surface area contributed by atoms with Crippen LogP contribution in [0.2, 0.25) is 0 Å². The van der Waals surface area contributed by atoms with Crippen molar-refractivity contribution in [3.8, 4) is 0 Å². The average molecular weight is 248 g/mol. The molecule has 0 saturated heterocycles. The largest absolute Gasteiger partial charge is 0.394 e. The highest BCUT2D eigenvalue weighted by molar-refractivity contribution is 9.10. The molecule has 1 atom stereocenters. The third-order valence-corrected chi connectivity index (χ3v) is 2.58. The van der Waals surface area contributed by atoms with E-state index in [0.29, 0.717) is 10.0 Å². The van der Waals surface area contributed by atoms with Crippen LogP contribution in [0.3, 0.4) is 0 Å². The average Bonchev–Trinajstić information content (AvgIpc) is 2.16. The summed E-state index contributed by atoms with van der Waals surface area (Å²) in [4.78, 5) is 0. The predicted molar refractivity (Wildman–Crippen MR) is 53.0 cm³/mol. The Balaban J connectivity index is 2.95. The van der Waals surface area contributed by atoms with Gasteiger partial charge in [0.1, 0.15) is 6.67 Å². The standard InChI is InChI=1S/C9H11BrFNO/c10-8-3-6(9(12)5-13)1-2-7(8)4-11/h1-3,9,13H,4-5,12H2. The number of hydrogen-bond donors (Lipinski definition) is 2. The van der Waals surface area contributed by atoms with Crippen molar-refractivity contribution in [1.82, 2.24) is 0 Å². The number of benzene rings is 1. The topological polar surface area (TPSA) is 46.2 Å². The van der Waals surface area contributed by atoms with Crippen molar-refractivity contribution >= 4 is 15.9 Å². The lowest BCUT2D eigenvalue weighted by Crippen LogP contribution is -2.14. The van der Waals surface area contributed by atoms with Crippen LogP contribution < -0.4 is 5.73 Å². The second kappa shape index (κ2) is 4.69. The summed E-state index contributed by atoms with van der Waals surface area (Å²) in [7, 11) is 0. The molecule has 0 radical (unpaired) electrons. The SMILES string of the molecule is NC(CO)c1ccc(CF)c(Br)c1. The van der Waals surface area contributed by atoms with E-state index in [9.17, 15) is 4.39 Å². The van der Waals surface area contributed by atoms with E-state index in [-0.39, 0.29) is 6.61 Å². The molecule has 0 fully saturated rings. The summed E-state index contributed by atoms with van der Waals surface area (Å²) >= 11 is 3.23. The Morgan fingerprint density at radius 3 is 2.69 bits per heavy atom. The van der Waals surface area contributed by atoms with Gasteiger partial charge in [0.15, 0.2) is 0 Å². The molecule has 0 spiro atoms. The van der Waals surface area contributed by atoms with Crippen molar-refractivity contribution < 1.29 is 9.50 Å². The first-order chi connectivity index (χ1) is 6.19. The molecule has 1 unspecified atom stereocenters. The molecule has 2 nitrogen and oxygen atoms in total. The summed E-state index contributed by atoms with van der Waals surface area (Å²) in [5.74, 6) is 0. The highest BCUT2D eigenvalue weighted by atomic mass is 79.9. The fraction of sp³-hybridized carbons (Fsp3) is 0.333. The van der Waals surface area contributed by atoms with E-state index in [0.717, 1.165) is 5.56 Å². The maximum Gasteiger partial charge on any atom is 0.116 e. The van der Waals surface area contributed by atoms with E-state index in [1.54, 1.807) is 18.2 Å². The van der Waals surface area contributed by atoms with Gasteiger partial charge in [0.25, 0.3) is 0 Å². The van der Waals surface area contributed by atoms with Gasteiger partial charge in [0.2, 0.25) is 0 Å². The summed E-state index contributed by atoms with van der Waals surface area (Å²) in [6.07, 6.45) is 0. The third-order valence-electron chi connectivity index (χ3n) is 1.85. The molecule has 0 amide bonds. The lowest BCUT2D eigenvalue weighted by atomic mass is 10.1. The second-order valence-electron chi connectivity index (χ2n) is 2.77. The van der Waals surface area contributed by atoms with E-state index in [1.165, 1.54) is 0 Å². The normalized spacial score (nSPS) is 12.9. The molecule has 0 saturated carbocycles. The van der Waals surface area contributed by atoms with Crippen molar-refractivity contribution in [2.24, 2.45) is 5.73 Å². The third kappa shape index (κ3) is 2.49. The summed E-state index contributed by atoms with van der Waals surface area (Å²) < 4.78 is 13.0. The van der Waals surface area contributed by atoms with Crippen LogP contribution in [-0.2, 0) is 6.67 Å². The Kier molecular flexibility index (Phi) is 3.84. The first-order valence-corrected chi connectivity index (χ1v) is 4.69. The number of aliphatic hydroxyl groups excluding tert-OH is 1. The minimum Gasteiger partial charge on any atom is -0.394 e. The Labute approximate surface area is 84.7 Å². The molecule has 72 valence electrons. The van der Waals surface area contributed by atoms with Crippen molar-refractivity contribution in [1.29, 1.82) is 0 Å². The first-order valence-electron chi connectivity index (χ1n) is 3.89. The highest BCUT2D eigenvalue weighted by Gasteiger charge is 2.06. The summed E-state index contributed by atoms with van der Waals surface area (Å²) in [5.41, 5.74) is 6.98. The lowest BCUT2D eigenvalue weighted by molar-refractivity contribution is 0.268. The quantitative estimate of drug-likeness (QED) is 0.858. The second-order valence-corrected chi connectivity index (χ2v) is 3.63. The zero-order chi connectivity index (χ0) is 9.84. The van der Waals surface area contributed by atoms with Gasteiger partial charge in [-0.15, -0.1) is 0 Å². The zero-order valence-corrected chi connectivity index (χ0v) is 8.59. The molecule has 1 aromatic rings. The van der Waals surface area contributed by atoms with Crippen LogP contribution in [0.5, 0.6) is 0 Å². The summed E-state index contributed by atoms with van der Waals surface area (Å²) in [5, 5.41) is 8.79. The molecule has 0 aromatic heterocycles. The minimum atomic E-state index is -0.505. The molecule has 3 N–H and O–H groups in total. The first kappa shape index (κ1) is 10.6. The van der Waals surface area contributed by atoms with Gasteiger partial charge in [-0.05, 0) is 17.2 Å². The molecule has 0 heterocycles. The maximum absolute atomic E-state index is 12.3. The van der Waals surface area contributed by atoms with E-state index in [4.69, 9.17) is 10.8 Å². The molecular formula is C9H11BrFNO. The van der Waals surface area contributed by atoms with Gasteiger partial charge in [-0.1, -0.05) is 28.1 Å². The van der Waals surface area contributed by atoms with E-state index in [2.05, 4.69) is 15.9 Å². The van der Waals surface area contributed by atoms with Crippen LogP contribution in [0.1, 0.15) is 17.2 Å². The number of rotatable bonds is 3. The number of aliphatic hydroxyl groups is 1. The van der Waals surface area contributed by atoms with Crippen LogP contribution in [-0.4, -0.2) is 11.7 Å². The highest BCUT2D eigenvalue weighted by Crippen LogP contribution is 2.22. The smallest absolute Gasteiger partial charge is 0.116 e. The number of nitrogens with two attached hydrogens (primary N) is 1. The van der Waals surface area contributed by atoms with Crippen molar-refractivity contribution in [2.75, 3.05) is 6.61 Å². The van der Waals surface area contributed by atoms with E-state index >= 15 is 0 Å². The maximum atomic E-state index is 12.3. The predicted octanol–water partition coefficient (Wildman–Crippen LogP) is 1.91. The van der Waals surface area contributed by atoms with Crippen LogP contribution in [0.4, 0.5) is 4.39 Å². The van der Waals surface area contributed by atoms with Crippen molar-refractivity contribution in [3.05, 3.63) is 33.8 Å². The summed E-state index contributed by atoms with van der Waals surface area (Å²) in [6, 6.07) is 4.72. The molecule has 1 rings (SSSR count). The van der Waals surface area contributed by atoms with Gasteiger partial charge < -0.3 is 10.8 Å². The number of alkyl halides is 1. The van der Waals surface area contributed by atoms with Gasteiger partial charge in [-0.25, -0.2) is 4.39 Å². The van der Waals surface area contributed by atoms with Gasteiger partial charge in [-0.3, -0.25) is 0 Å². The molecule has 0 aliphatic rings. The van der Waals surface area contributed by atoms with Crippen LogP contribution in [0.25, 0.3) is 0 Å². The van der Waals surface area contributed by atoms with E-state index < -0.39 is 12.7 Å². The Bertz CT molecular complexity index is 293. The monoisotopic (exact) mass is 247 g/mol. The van der Waals surface area contributed by atoms with Gasteiger partial charge in [0.05, 0.1) is 12.6 Å². The van der Waals surface area contributed by atoms with Crippen LogP contribution in [0.15, 0.2) is 22.7 Å². The van der Waals surface area contributed by atoms with Crippen LogP contribution in [0, 0.1) is 0 Å². The number of halogens is 2. The molecule has 1 aromatic carbocycles. The zero-order valence-electron chi connectivity index (χ0n) is 7.00. The molecule has 13 heavy (non-hydrogen) atoms. The molecular weight excluding hydrogens is 237 g/mol. The fourth-order valence-electron chi connectivity index (χ4n) is 1.01.